The van der Waals surface area contributed by atoms with Crippen LogP contribution in [0.1, 0.15) is 51.3 Å². The van der Waals surface area contributed by atoms with Gasteiger partial charge in [-0.1, -0.05) is 51.1 Å². The quantitative estimate of drug-likeness (QED) is 0.212. The van der Waals surface area contributed by atoms with Gasteiger partial charge in [-0.15, -0.1) is 0 Å². The summed E-state index contributed by atoms with van der Waals surface area (Å²) in [7, 11) is -0.265. The van der Waals surface area contributed by atoms with E-state index in [1.807, 2.05) is 18.2 Å². The molecule has 3 rings (SSSR count). The van der Waals surface area contributed by atoms with Crippen LogP contribution in [-0.2, 0) is 33.5 Å². The van der Waals surface area contributed by atoms with E-state index in [-0.39, 0.29) is 23.5 Å². The highest BCUT2D eigenvalue weighted by Crippen LogP contribution is 2.43. The summed E-state index contributed by atoms with van der Waals surface area (Å²) in [5, 5.41) is 0.143. The van der Waals surface area contributed by atoms with Gasteiger partial charge in [0.2, 0.25) is 0 Å². The predicted octanol–water partition coefficient (Wildman–Crippen LogP) is 6.49. The molecule has 2 aromatic rings. The van der Waals surface area contributed by atoms with Crippen LogP contribution in [-0.4, -0.2) is 33.9 Å². The Balaban J connectivity index is 1.91. The summed E-state index contributed by atoms with van der Waals surface area (Å²) in [6, 6.07) is 14.4. The molecule has 1 aliphatic heterocycles. The van der Waals surface area contributed by atoms with Crippen molar-refractivity contribution in [1.29, 1.82) is 0 Å². The minimum Gasteiger partial charge on any atom is -0.488 e. The molecule has 182 valence electrons. The summed E-state index contributed by atoms with van der Waals surface area (Å²) in [6.45, 7) is 16.7. The molecule has 0 amide bonds. The van der Waals surface area contributed by atoms with Crippen LogP contribution >= 0.6 is 0 Å². The van der Waals surface area contributed by atoms with Crippen molar-refractivity contribution in [3.63, 3.8) is 0 Å². The number of benzene rings is 2. The van der Waals surface area contributed by atoms with Gasteiger partial charge in [-0.3, -0.25) is 0 Å². The largest absolute Gasteiger partial charge is 0.488 e. The number of methoxy groups -OCH3 is 1. The molecule has 0 spiro atoms. The molecule has 0 radical (unpaired) electrons. The van der Waals surface area contributed by atoms with Crippen LogP contribution in [0.25, 0.3) is 0 Å². The van der Waals surface area contributed by atoms with Gasteiger partial charge < -0.3 is 23.4 Å². The van der Waals surface area contributed by atoms with Crippen molar-refractivity contribution in [2.24, 2.45) is 0 Å². The first-order valence-corrected chi connectivity index (χ1v) is 14.6. The van der Waals surface area contributed by atoms with Crippen LogP contribution in [0, 0.1) is 0 Å². The van der Waals surface area contributed by atoms with Crippen molar-refractivity contribution in [2.75, 3.05) is 13.9 Å². The molecule has 1 atom stereocenters. The molecule has 6 heteroatoms. The predicted molar refractivity (Wildman–Crippen MR) is 134 cm³/mol. The van der Waals surface area contributed by atoms with Crippen molar-refractivity contribution in [3.8, 4) is 11.5 Å². The van der Waals surface area contributed by atoms with Crippen molar-refractivity contribution in [1.82, 2.24) is 0 Å². The number of ether oxygens (including phenoxy) is 4. The number of rotatable bonds is 11. The van der Waals surface area contributed by atoms with Crippen LogP contribution < -0.4 is 9.47 Å². The Morgan fingerprint density at radius 1 is 0.939 bits per heavy atom. The second kappa shape index (κ2) is 10.2. The average Bonchev–Trinajstić information content (AvgIpc) is 3.36. The molecule has 0 bridgehead atoms. The standard InChI is InChI=1S/C27H40O5Si/c1-26(2,3)33(7,8)31-18-21-14-23(29-17-20-12-10-9-11-13-20)22(16-25-27(4,5)32-25)24(15-21)30-19-28-6/h9-15,25H,16-19H2,1-8H3/t25-/m0/s1. The van der Waals surface area contributed by atoms with Crippen molar-refractivity contribution in [3.05, 3.63) is 59.2 Å². The molecule has 0 saturated carbocycles. The Morgan fingerprint density at radius 3 is 2.09 bits per heavy atom. The van der Waals surface area contributed by atoms with Crippen molar-refractivity contribution >= 4 is 8.32 Å². The molecular formula is C27H40O5Si. The Kier molecular flexibility index (Phi) is 7.94. The van der Waals surface area contributed by atoms with Crippen LogP contribution in [0.2, 0.25) is 18.1 Å². The van der Waals surface area contributed by atoms with E-state index in [0.717, 1.165) is 34.6 Å². The molecule has 1 aliphatic rings. The van der Waals surface area contributed by atoms with Crippen molar-refractivity contribution in [2.45, 2.75) is 84.1 Å². The molecule has 5 nitrogen and oxygen atoms in total. The Labute approximate surface area is 200 Å². The third kappa shape index (κ3) is 6.82. The third-order valence-corrected chi connectivity index (χ3v) is 11.2. The van der Waals surface area contributed by atoms with E-state index in [2.05, 4.69) is 72.0 Å². The first-order valence-electron chi connectivity index (χ1n) is 11.7. The number of epoxide rings is 1. The fourth-order valence-corrected chi connectivity index (χ4v) is 4.32. The molecule has 1 fully saturated rings. The maximum Gasteiger partial charge on any atom is 0.192 e. The molecular weight excluding hydrogens is 432 g/mol. The lowest BCUT2D eigenvalue weighted by Crippen LogP contribution is -2.40. The molecule has 0 aliphatic carbocycles. The number of hydrogen-bond donors (Lipinski definition) is 0. The highest BCUT2D eigenvalue weighted by molar-refractivity contribution is 6.74. The van der Waals surface area contributed by atoms with Gasteiger partial charge in [0.05, 0.1) is 18.3 Å². The zero-order valence-corrected chi connectivity index (χ0v) is 22.5. The summed E-state index contributed by atoms with van der Waals surface area (Å²) in [6.07, 6.45) is 0.857. The van der Waals surface area contributed by atoms with Crippen LogP contribution in [0.3, 0.4) is 0 Å². The van der Waals surface area contributed by atoms with Crippen LogP contribution in [0.4, 0.5) is 0 Å². The molecule has 0 aromatic heterocycles. The molecule has 1 saturated heterocycles. The highest BCUT2D eigenvalue weighted by Gasteiger charge is 2.48. The van der Waals surface area contributed by atoms with Crippen LogP contribution in [0.5, 0.6) is 11.5 Å². The highest BCUT2D eigenvalue weighted by atomic mass is 28.4. The fourth-order valence-electron chi connectivity index (χ4n) is 3.36. The van der Waals surface area contributed by atoms with E-state index < -0.39 is 8.32 Å². The minimum atomic E-state index is -1.89. The lowest BCUT2D eigenvalue weighted by Gasteiger charge is -2.36. The van der Waals surface area contributed by atoms with Gasteiger partial charge in [-0.25, -0.2) is 0 Å². The fraction of sp³-hybridized carbons (Fsp3) is 0.556. The Bertz CT molecular complexity index is 918. The topological polar surface area (TPSA) is 49.5 Å². The number of hydrogen-bond acceptors (Lipinski definition) is 5. The van der Waals surface area contributed by atoms with Gasteiger partial charge in [-0.2, -0.15) is 0 Å². The van der Waals surface area contributed by atoms with Gasteiger partial charge in [0.1, 0.15) is 18.1 Å². The normalized spacial score (nSPS) is 17.6. The van der Waals surface area contributed by atoms with Crippen molar-refractivity contribution < 1.29 is 23.4 Å². The first kappa shape index (κ1) is 25.8. The first-order chi connectivity index (χ1) is 15.4. The summed E-state index contributed by atoms with van der Waals surface area (Å²) in [5.74, 6) is 1.58. The monoisotopic (exact) mass is 472 g/mol. The van der Waals surface area contributed by atoms with E-state index in [0.29, 0.717) is 13.2 Å². The molecule has 33 heavy (non-hydrogen) atoms. The van der Waals surface area contributed by atoms with Gasteiger partial charge in [0, 0.05) is 19.1 Å². The maximum atomic E-state index is 6.50. The lowest BCUT2D eigenvalue weighted by molar-refractivity contribution is 0.0499. The lowest BCUT2D eigenvalue weighted by atomic mass is 9.99. The Hall–Kier alpha value is -1.86. The second-order valence-corrected chi connectivity index (χ2v) is 15.7. The summed E-state index contributed by atoms with van der Waals surface area (Å²) < 4.78 is 30.0. The molecule has 2 aromatic carbocycles. The minimum absolute atomic E-state index is 0.126. The average molecular weight is 473 g/mol. The van der Waals surface area contributed by atoms with E-state index in [1.54, 1.807) is 7.11 Å². The van der Waals surface area contributed by atoms with E-state index in [4.69, 9.17) is 23.4 Å². The zero-order chi connectivity index (χ0) is 24.3. The maximum absolute atomic E-state index is 6.50. The zero-order valence-electron chi connectivity index (χ0n) is 21.5. The van der Waals surface area contributed by atoms with E-state index in [9.17, 15) is 0 Å². The van der Waals surface area contributed by atoms with E-state index >= 15 is 0 Å². The third-order valence-electron chi connectivity index (χ3n) is 6.76. The molecule has 0 unspecified atom stereocenters. The molecule has 1 heterocycles. The summed E-state index contributed by atoms with van der Waals surface area (Å²) in [4.78, 5) is 0. The second-order valence-electron chi connectivity index (χ2n) is 10.9. The smallest absolute Gasteiger partial charge is 0.192 e. The van der Waals surface area contributed by atoms with Crippen LogP contribution in [0.15, 0.2) is 42.5 Å². The van der Waals surface area contributed by atoms with Gasteiger partial charge in [0.15, 0.2) is 15.1 Å². The van der Waals surface area contributed by atoms with Gasteiger partial charge >= 0.3 is 0 Å². The Morgan fingerprint density at radius 2 is 1.55 bits per heavy atom. The molecule has 0 N–H and O–H groups in total. The summed E-state index contributed by atoms with van der Waals surface area (Å²) in [5.41, 5.74) is 3.04. The van der Waals surface area contributed by atoms with E-state index in [1.165, 1.54) is 0 Å². The SMILES string of the molecule is COCOc1cc(CO[Si](C)(C)C(C)(C)C)cc(OCc2ccccc2)c1C[C@@H]1OC1(C)C. The summed E-state index contributed by atoms with van der Waals surface area (Å²) >= 11 is 0. The van der Waals surface area contributed by atoms with Gasteiger partial charge in [0.25, 0.3) is 0 Å². The van der Waals surface area contributed by atoms with Gasteiger partial charge in [-0.05, 0) is 55.2 Å².